The zero-order valence-electron chi connectivity index (χ0n) is 9.79. The monoisotopic (exact) mass is 368 g/mol. The second-order valence-electron chi connectivity index (χ2n) is 3.90. The van der Waals surface area contributed by atoms with Crippen LogP contribution in [0.3, 0.4) is 0 Å². The Morgan fingerprint density at radius 3 is 1.81 bits per heavy atom. The SMILES string of the molecule is O=C(c1cc(Br)ccc1F)c1c(F)c(F)c(F)c(F)c1F. The molecule has 21 heavy (non-hydrogen) atoms. The first-order valence-electron chi connectivity index (χ1n) is 5.27. The molecule has 0 saturated carbocycles. The van der Waals surface area contributed by atoms with E-state index in [-0.39, 0.29) is 4.47 Å². The maximum atomic E-state index is 13.5. The van der Waals surface area contributed by atoms with Crippen LogP contribution in [-0.4, -0.2) is 5.78 Å². The summed E-state index contributed by atoms with van der Waals surface area (Å²) in [6.07, 6.45) is 0. The Bertz CT molecular complexity index is 730. The minimum atomic E-state index is -2.39. The summed E-state index contributed by atoms with van der Waals surface area (Å²) in [5.74, 6) is -14.4. The van der Waals surface area contributed by atoms with Crippen LogP contribution in [0.5, 0.6) is 0 Å². The molecule has 0 bridgehead atoms. The van der Waals surface area contributed by atoms with E-state index in [2.05, 4.69) is 15.9 Å². The van der Waals surface area contributed by atoms with Gasteiger partial charge in [0.1, 0.15) is 11.4 Å². The Labute approximate surface area is 122 Å². The van der Waals surface area contributed by atoms with Gasteiger partial charge in [0, 0.05) is 4.47 Å². The number of carbonyl (C=O) groups is 1. The summed E-state index contributed by atoms with van der Waals surface area (Å²) in [4.78, 5) is 11.9. The van der Waals surface area contributed by atoms with Crippen molar-refractivity contribution < 1.29 is 31.1 Å². The van der Waals surface area contributed by atoms with Gasteiger partial charge in [0.25, 0.3) is 0 Å². The zero-order chi connectivity index (χ0) is 15.9. The van der Waals surface area contributed by atoms with Crippen LogP contribution >= 0.6 is 15.9 Å². The van der Waals surface area contributed by atoms with Crippen molar-refractivity contribution in [1.29, 1.82) is 0 Å². The highest BCUT2D eigenvalue weighted by Crippen LogP contribution is 2.27. The van der Waals surface area contributed by atoms with Crippen LogP contribution in [0.1, 0.15) is 15.9 Å². The standard InChI is InChI=1S/C13H3BrF6O/c14-4-1-2-6(15)5(3-4)13(21)7-8(16)10(18)12(20)11(19)9(7)17/h1-3H. The summed E-state index contributed by atoms with van der Waals surface area (Å²) in [5.41, 5.74) is -2.53. The normalized spacial score (nSPS) is 10.8. The fourth-order valence-electron chi connectivity index (χ4n) is 1.61. The molecule has 0 aliphatic carbocycles. The zero-order valence-corrected chi connectivity index (χ0v) is 11.4. The van der Waals surface area contributed by atoms with E-state index in [0.717, 1.165) is 12.1 Å². The number of hydrogen-bond acceptors (Lipinski definition) is 1. The van der Waals surface area contributed by atoms with Crippen molar-refractivity contribution in [2.75, 3.05) is 0 Å². The van der Waals surface area contributed by atoms with E-state index in [0.29, 0.717) is 0 Å². The molecule has 0 heterocycles. The molecule has 8 heteroatoms. The largest absolute Gasteiger partial charge is 0.288 e. The van der Waals surface area contributed by atoms with Gasteiger partial charge in [-0.05, 0) is 18.2 Å². The average Bonchev–Trinajstić information content (AvgIpc) is 2.45. The first-order chi connectivity index (χ1) is 9.75. The third-order valence-electron chi connectivity index (χ3n) is 2.61. The molecule has 0 unspecified atom stereocenters. The van der Waals surface area contributed by atoms with Crippen LogP contribution in [0.15, 0.2) is 22.7 Å². The number of ketones is 1. The lowest BCUT2D eigenvalue weighted by Crippen LogP contribution is -2.14. The smallest absolute Gasteiger partial charge is 0.202 e. The summed E-state index contributed by atoms with van der Waals surface area (Å²) in [7, 11) is 0. The molecule has 0 spiro atoms. The van der Waals surface area contributed by atoms with Crippen LogP contribution in [0.4, 0.5) is 26.3 Å². The molecule has 0 amide bonds. The molecule has 0 aliphatic heterocycles. The summed E-state index contributed by atoms with van der Waals surface area (Å²) < 4.78 is 79.7. The summed E-state index contributed by atoms with van der Waals surface area (Å²) in [6, 6.07) is 2.88. The summed E-state index contributed by atoms with van der Waals surface area (Å²) in [5, 5.41) is 0. The molecule has 2 rings (SSSR count). The van der Waals surface area contributed by atoms with Crippen molar-refractivity contribution in [3.63, 3.8) is 0 Å². The van der Waals surface area contributed by atoms with Crippen molar-refractivity contribution in [3.05, 3.63) is 68.7 Å². The number of hydrogen-bond donors (Lipinski definition) is 0. The van der Waals surface area contributed by atoms with Crippen LogP contribution in [0, 0.1) is 34.9 Å². The van der Waals surface area contributed by atoms with Gasteiger partial charge >= 0.3 is 0 Å². The molecule has 0 aromatic heterocycles. The van der Waals surface area contributed by atoms with E-state index in [4.69, 9.17) is 0 Å². The van der Waals surface area contributed by atoms with Crippen LogP contribution in [0.25, 0.3) is 0 Å². The van der Waals surface area contributed by atoms with Crippen molar-refractivity contribution >= 4 is 21.7 Å². The van der Waals surface area contributed by atoms with Gasteiger partial charge < -0.3 is 0 Å². The van der Waals surface area contributed by atoms with Crippen LogP contribution < -0.4 is 0 Å². The molecule has 0 fully saturated rings. The summed E-state index contributed by atoms with van der Waals surface area (Å²) in [6.45, 7) is 0. The van der Waals surface area contributed by atoms with Gasteiger partial charge in [-0.25, -0.2) is 26.3 Å². The minimum absolute atomic E-state index is 0.191. The number of halogens is 7. The van der Waals surface area contributed by atoms with Gasteiger partial charge in [-0.3, -0.25) is 4.79 Å². The first kappa shape index (κ1) is 15.6. The Balaban J connectivity index is 2.73. The predicted octanol–water partition coefficient (Wildman–Crippen LogP) is 4.51. The Morgan fingerprint density at radius 1 is 0.810 bits per heavy atom. The van der Waals surface area contributed by atoms with Gasteiger partial charge in [0.2, 0.25) is 11.6 Å². The lowest BCUT2D eigenvalue weighted by molar-refractivity contribution is 0.102. The van der Waals surface area contributed by atoms with Gasteiger partial charge in [-0.15, -0.1) is 0 Å². The predicted molar refractivity (Wildman–Crippen MR) is 63.8 cm³/mol. The van der Waals surface area contributed by atoms with Gasteiger partial charge in [-0.1, -0.05) is 15.9 Å². The van der Waals surface area contributed by atoms with Crippen molar-refractivity contribution in [3.8, 4) is 0 Å². The third-order valence-corrected chi connectivity index (χ3v) is 3.10. The Kier molecular flexibility index (Phi) is 4.08. The Hall–Kier alpha value is -1.83. The molecule has 0 N–H and O–H groups in total. The van der Waals surface area contributed by atoms with Crippen molar-refractivity contribution in [2.45, 2.75) is 0 Å². The highest BCUT2D eigenvalue weighted by Gasteiger charge is 2.31. The average molecular weight is 369 g/mol. The molecular formula is C13H3BrF6O. The van der Waals surface area contributed by atoms with Crippen LogP contribution in [0.2, 0.25) is 0 Å². The molecular weight excluding hydrogens is 366 g/mol. The maximum Gasteiger partial charge on any atom is 0.202 e. The molecule has 0 atom stereocenters. The van der Waals surface area contributed by atoms with E-state index in [1.807, 2.05) is 0 Å². The maximum absolute atomic E-state index is 13.5. The molecule has 1 nitrogen and oxygen atoms in total. The number of benzene rings is 2. The quantitative estimate of drug-likeness (QED) is 0.330. The third kappa shape index (κ3) is 2.55. The van der Waals surface area contributed by atoms with Crippen molar-refractivity contribution in [1.82, 2.24) is 0 Å². The van der Waals surface area contributed by atoms with E-state index < -0.39 is 51.8 Å². The van der Waals surface area contributed by atoms with E-state index in [1.54, 1.807) is 0 Å². The van der Waals surface area contributed by atoms with Gasteiger partial charge in [0.05, 0.1) is 5.56 Å². The number of rotatable bonds is 2. The topological polar surface area (TPSA) is 17.1 Å². The van der Waals surface area contributed by atoms with Crippen LogP contribution in [-0.2, 0) is 0 Å². The highest BCUT2D eigenvalue weighted by molar-refractivity contribution is 9.10. The minimum Gasteiger partial charge on any atom is -0.288 e. The fourth-order valence-corrected chi connectivity index (χ4v) is 1.97. The highest BCUT2D eigenvalue weighted by atomic mass is 79.9. The Morgan fingerprint density at radius 2 is 1.29 bits per heavy atom. The second kappa shape index (κ2) is 5.51. The van der Waals surface area contributed by atoms with Gasteiger partial charge in [0.15, 0.2) is 23.3 Å². The van der Waals surface area contributed by atoms with E-state index in [1.165, 1.54) is 6.07 Å². The first-order valence-corrected chi connectivity index (χ1v) is 6.06. The van der Waals surface area contributed by atoms with E-state index >= 15 is 0 Å². The van der Waals surface area contributed by atoms with E-state index in [9.17, 15) is 31.1 Å². The molecule has 2 aromatic carbocycles. The number of carbonyl (C=O) groups excluding carboxylic acids is 1. The molecule has 2 aromatic rings. The molecule has 0 saturated heterocycles. The van der Waals surface area contributed by atoms with Crippen molar-refractivity contribution in [2.24, 2.45) is 0 Å². The second-order valence-corrected chi connectivity index (χ2v) is 4.81. The molecule has 0 aliphatic rings. The summed E-state index contributed by atoms with van der Waals surface area (Å²) >= 11 is 2.90. The molecule has 0 radical (unpaired) electrons. The molecule has 110 valence electrons. The van der Waals surface area contributed by atoms with Gasteiger partial charge in [-0.2, -0.15) is 0 Å². The lowest BCUT2D eigenvalue weighted by Gasteiger charge is -2.08. The lowest BCUT2D eigenvalue weighted by atomic mass is 10.0. The fraction of sp³-hybridized carbons (Fsp3) is 0.